The van der Waals surface area contributed by atoms with Gasteiger partial charge < -0.3 is 15.0 Å². The van der Waals surface area contributed by atoms with E-state index in [-0.39, 0.29) is 23.0 Å². The van der Waals surface area contributed by atoms with Gasteiger partial charge in [-0.15, -0.1) is 0 Å². The molecule has 2 atom stereocenters. The average molecular weight is 394 g/mol. The lowest BCUT2D eigenvalue weighted by Crippen LogP contribution is -2.42. The Kier molecular flexibility index (Phi) is 5.50. The van der Waals surface area contributed by atoms with Crippen molar-refractivity contribution in [3.63, 3.8) is 0 Å². The highest BCUT2D eigenvalue weighted by molar-refractivity contribution is 7.91. The Balaban J connectivity index is 1.54. The third-order valence-electron chi connectivity index (χ3n) is 4.72. The molecule has 0 aliphatic carbocycles. The third kappa shape index (κ3) is 4.65. The van der Waals surface area contributed by atoms with E-state index in [4.69, 9.17) is 4.74 Å². The molecule has 2 fully saturated rings. The number of ether oxygens (including phenoxy) is 1. The maximum absolute atomic E-state index is 12.2. The lowest BCUT2D eigenvalue weighted by atomic mass is 10.2. The molecule has 0 aromatic heterocycles. The largest absolute Gasteiger partial charge is 0.449 e. The highest BCUT2D eigenvalue weighted by Gasteiger charge is 2.31. The molecule has 1 N–H and O–H groups in total. The molecular formula is C18H22N2O6S. The molecule has 0 radical (unpaired) electrons. The van der Waals surface area contributed by atoms with Crippen LogP contribution < -0.4 is 10.2 Å². The van der Waals surface area contributed by atoms with E-state index in [2.05, 4.69) is 5.32 Å². The monoisotopic (exact) mass is 394 g/mol. The number of hydrogen-bond donors (Lipinski definition) is 1. The number of hydrogen-bond acceptors (Lipinski definition) is 6. The maximum Gasteiger partial charge on any atom is 0.338 e. The smallest absolute Gasteiger partial charge is 0.338 e. The summed E-state index contributed by atoms with van der Waals surface area (Å²) in [6.07, 6.45) is 0.669. The minimum Gasteiger partial charge on any atom is -0.449 e. The lowest BCUT2D eigenvalue weighted by molar-refractivity contribution is -0.129. The standard InChI is InChI=1S/C18H22N2O6S/c1-12(17(22)19-14-8-10-27(24,25)11-14)26-18(23)13-4-6-15(7-5-13)20-9-2-3-16(20)21/h4-7,12,14H,2-3,8-11H2,1H3,(H,19,22)/t12-,14+/m0/s1. The number of benzene rings is 1. The van der Waals surface area contributed by atoms with E-state index in [1.807, 2.05) is 0 Å². The van der Waals surface area contributed by atoms with Crippen LogP contribution in [0.25, 0.3) is 0 Å². The fourth-order valence-electron chi connectivity index (χ4n) is 3.21. The molecule has 1 aromatic rings. The van der Waals surface area contributed by atoms with E-state index < -0.39 is 33.9 Å². The number of carbonyl (C=O) groups is 3. The molecular weight excluding hydrogens is 372 g/mol. The number of rotatable bonds is 5. The Morgan fingerprint density at radius 2 is 1.96 bits per heavy atom. The van der Waals surface area contributed by atoms with Crippen molar-refractivity contribution in [2.45, 2.75) is 38.3 Å². The maximum atomic E-state index is 12.2. The quantitative estimate of drug-likeness (QED) is 0.735. The summed E-state index contributed by atoms with van der Waals surface area (Å²) in [6, 6.07) is 6.01. The number of amides is 2. The van der Waals surface area contributed by atoms with Crippen molar-refractivity contribution >= 4 is 33.3 Å². The van der Waals surface area contributed by atoms with Gasteiger partial charge in [0.15, 0.2) is 15.9 Å². The van der Waals surface area contributed by atoms with E-state index in [1.54, 1.807) is 29.2 Å². The van der Waals surface area contributed by atoms with Gasteiger partial charge in [-0.05, 0) is 44.0 Å². The predicted octanol–water partition coefficient (Wildman–Crippen LogP) is 0.662. The summed E-state index contributed by atoms with van der Waals surface area (Å²) in [5.41, 5.74) is 0.996. The normalized spacial score (nSPS) is 22.5. The summed E-state index contributed by atoms with van der Waals surface area (Å²) in [4.78, 5) is 37.7. The van der Waals surface area contributed by atoms with Crippen LogP contribution in [0.2, 0.25) is 0 Å². The highest BCUT2D eigenvalue weighted by Crippen LogP contribution is 2.22. The van der Waals surface area contributed by atoms with Crippen molar-refractivity contribution in [2.75, 3.05) is 23.0 Å². The van der Waals surface area contributed by atoms with Crippen LogP contribution in [0.5, 0.6) is 0 Å². The molecule has 27 heavy (non-hydrogen) atoms. The Morgan fingerprint density at radius 1 is 1.26 bits per heavy atom. The van der Waals surface area contributed by atoms with Gasteiger partial charge in [0.1, 0.15) is 0 Å². The van der Waals surface area contributed by atoms with Crippen LogP contribution in [0.15, 0.2) is 24.3 Å². The zero-order valence-electron chi connectivity index (χ0n) is 15.0. The molecule has 2 amide bonds. The minimum absolute atomic E-state index is 0.0536. The van der Waals surface area contributed by atoms with Crippen LogP contribution in [0.3, 0.4) is 0 Å². The van der Waals surface area contributed by atoms with Crippen LogP contribution in [0.1, 0.15) is 36.5 Å². The Labute approximate surface area is 157 Å². The molecule has 0 spiro atoms. The summed E-state index contributed by atoms with van der Waals surface area (Å²) < 4.78 is 28.0. The van der Waals surface area contributed by atoms with Crippen molar-refractivity contribution in [1.82, 2.24) is 5.32 Å². The summed E-state index contributed by atoms with van der Waals surface area (Å²) in [5, 5.41) is 2.60. The Bertz CT molecular complexity index is 849. The molecule has 1 aromatic carbocycles. The van der Waals surface area contributed by atoms with Crippen LogP contribution in [-0.4, -0.2) is 56.4 Å². The number of carbonyl (C=O) groups excluding carboxylic acids is 3. The van der Waals surface area contributed by atoms with Crippen molar-refractivity contribution < 1.29 is 27.5 Å². The van der Waals surface area contributed by atoms with Crippen molar-refractivity contribution in [2.24, 2.45) is 0 Å². The zero-order chi connectivity index (χ0) is 19.6. The summed E-state index contributed by atoms with van der Waals surface area (Å²) in [7, 11) is -3.10. The number of nitrogens with one attached hydrogen (secondary N) is 1. The van der Waals surface area contributed by atoms with E-state index in [0.29, 0.717) is 19.4 Å². The molecule has 2 saturated heterocycles. The van der Waals surface area contributed by atoms with E-state index in [9.17, 15) is 22.8 Å². The SMILES string of the molecule is C[C@H](OC(=O)c1ccc(N2CCCC2=O)cc1)C(=O)N[C@@H]1CCS(=O)(=O)C1. The van der Waals surface area contributed by atoms with Crippen LogP contribution in [0.4, 0.5) is 5.69 Å². The molecule has 2 aliphatic rings. The van der Waals surface area contributed by atoms with Gasteiger partial charge in [-0.3, -0.25) is 9.59 Å². The number of sulfone groups is 1. The molecule has 9 heteroatoms. The van der Waals surface area contributed by atoms with Gasteiger partial charge in [-0.2, -0.15) is 0 Å². The van der Waals surface area contributed by atoms with Gasteiger partial charge in [0, 0.05) is 24.7 Å². The average Bonchev–Trinajstić information content (AvgIpc) is 3.19. The molecule has 146 valence electrons. The molecule has 3 rings (SSSR count). The second-order valence-electron chi connectivity index (χ2n) is 6.85. The second kappa shape index (κ2) is 7.67. The summed E-state index contributed by atoms with van der Waals surface area (Å²) in [5.74, 6) is -1.15. The summed E-state index contributed by atoms with van der Waals surface area (Å²) >= 11 is 0. The van der Waals surface area contributed by atoms with Crippen LogP contribution in [-0.2, 0) is 24.2 Å². The van der Waals surface area contributed by atoms with Gasteiger partial charge in [-0.1, -0.05) is 0 Å². The number of esters is 1. The molecule has 0 saturated carbocycles. The zero-order valence-corrected chi connectivity index (χ0v) is 15.8. The first-order valence-electron chi connectivity index (χ1n) is 8.87. The van der Waals surface area contributed by atoms with E-state index in [1.165, 1.54) is 6.92 Å². The first-order chi connectivity index (χ1) is 12.7. The Hall–Kier alpha value is -2.42. The summed E-state index contributed by atoms with van der Waals surface area (Å²) in [6.45, 7) is 2.10. The first kappa shape index (κ1) is 19.3. The molecule has 0 bridgehead atoms. The molecule has 2 aliphatic heterocycles. The van der Waals surface area contributed by atoms with Gasteiger partial charge in [0.25, 0.3) is 5.91 Å². The molecule has 2 heterocycles. The lowest BCUT2D eigenvalue weighted by Gasteiger charge is -2.17. The fourth-order valence-corrected chi connectivity index (χ4v) is 4.88. The second-order valence-corrected chi connectivity index (χ2v) is 9.08. The predicted molar refractivity (Wildman–Crippen MR) is 98.1 cm³/mol. The van der Waals surface area contributed by atoms with Gasteiger partial charge in [-0.25, -0.2) is 13.2 Å². The molecule has 0 unspecified atom stereocenters. The number of nitrogens with zero attached hydrogens (tertiary/aromatic N) is 1. The van der Waals surface area contributed by atoms with E-state index in [0.717, 1.165) is 12.1 Å². The fraction of sp³-hybridized carbons (Fsp3) is 0.500. The molecule has 8 nitrogen and oxygen atoms in total. The van der Waals surface area contributed by atoms with Crippen LogP contribution >= 0.6 is 0 Å². The number of anilines is 1. The Morgan fingerprint density at radius 3 is 2.52 bits per heavy atom. The van der Waals surface area contributed by atoms with Gasteiger partial charge in [0.2, 0.25) is 5.91 Å². The topological polar surface area (TPSA) is 110 Å². The minimum atomic E-state index is -3.10. The van der Waals surface area contributed by atoms with Crippen molar-refractivity contribution in [1.29, 1.82) is 0 Å². The van der Waals surface area contributed by atoms with Gasteiger partial charge >= 0.3 is 5.97 Å². The van der Waals surface area contributed by atoms with Crippen molar-refractivity contribution in [3.05, 3.63) is 29.8 Å². The highest BCUT2D eigenvalue weighted by atomic mass is 32.2. The van der Waals surface area contributed by atoms with Gasteiger partial charge in [0.05, 0.1) is 17.1 Å². The van der Waals surface area contributed by atoms with Crippen LogP contribution in [0, 0.1) is 0 Å². The van der Waals surface area contributed by atoms with Crippen molar-refractivity contribution in [3.8, 4) is 0 Å². The third-order valence-corrected chi connectivity index (χ3v) is 6.49. The van der Waals surface area contributed by atoms with E-state index >= 15 is 0 Å². The first-order valence-corrected chi connectivity index (χ1v) is 10.7.